The van der Waals surface area contributed by atoms with E-state index in [1.807, 2.05) is 0 Å². The molecule has 2 aliphatic carbocycles. The van der Waals surface area contributed by atoms with E-state index >= 15 is 0 Å². The van der Waals surface area contributed by atoms with E-state index in [2.05, 4.69) is 29.6 Å². The summed E-state index contributed by atoms with van der Waals surface area (Å²) in [5.41, 5.74) is 3.88. The van der Waals surface area contributed by atoms with Crippen LogP contribution in [0, 0.1) is 5.92 Å². The molecule has 1 aliphatic heterocycles. The number of nitrogens with one attached hydrogen (secondary N) is 1. The van der Waals surface area contributed by atoms with E-state index in [0.717, 1.165) is 12.0 Å². The molecule has 2 fully saturated rings. The number of fused-ring (bicyclic) bond motifs is 1. The smallest absolute Gasteiger partial charge is 0.335 e. The maximum atomic E-state index is 9.77. The molecule has 7 heteroatoms. The maximum Gasteiger partial charge on any atom is 0.335 e. The van der Waals surface area contributed by atoms with Crippen LogP contribution in [0.3, 0.4) is 0 Å². The molecule has 1 saturated heterocycles. The van der Waals surface area contributed by atoms with Gasteiger partial charge in [-0.05, 0) is 49.3 Å². The van der Waals surface area contributed by atoms with Crippen molar-refractivity contribution in [1.82, 2.24) is 5.32 Å². The lowest BCUT2D eigenvalue weighted by molar-refractivity contribution is -0.165. The highest BCUT2D eigenvalue weighted by atomic mass is 16.4. The zero-order chi connectivity index (χ0) is 19.6. The highest BCUT2D eigenvalue weighted by molar-refractivity contribution is 5.83. The first-order valence-electron chi connectivity index (χ1n) is 9.50. The Balaban J connectivity index is 0.000000183. The van der Waals surface area contributed by atoms with E-state index in [1.54, 1.807) is 11.1 Å². The summed E-state index contributed by atoms with van der Waals surface area (Å²) in [4.78, 5) is 19.5. The first-order valence-corrected chi connectivity index (χ1v) is 9.50. The van der Waals surface area contributed by atoms with Crippen molar-refractivity contribution in [2.45, 2.75) is 62.2 Å². The predicted octanol–water partition coefficient (Wildman–Crippen LogP) is 0.910. The summed E-state index contributed by atoms with van der Waals surface area (Å²) in [6, 6.07) is 10.0. The Bertz CT molecular complexity index is 685. The summed E-state index contributed by atoms with van der Waals surface area (Å²) in [6.07, 6.45) is 3.88. The SMILES string of the molecule is O=C(O)C(O)C(O)C(=O)O.c1ccc2c(c1)C[C@H]1NCC[C@@]23CCCC[C@@H]13. The van der Waals surface area contributed by atoms with Gasteiger partial charge in [0.2, 0.25) is 0 Å². The van der Waals surface area contributed by atoms with Crippen LogP contribution in [0.2, 0.25) is 0 Å². The van der Waals surface area contributed by atoms with Crippen molar-refractivity contribution >= 4 is 11.9 Å². The highest BCUT2D eigenvalue weighted by Gasteiger charge is 2.51. The zero-order valence-electron chi connectivity index (χ0n) is 15.2. The van der Waals surface area contributed by atoms with E-state index in [0.29, 0.717) is 5.41 Å². The van der Waals surface area contributed by atoms with Gasteiger partial charge in [0.05, 0.1) is 0 Å². The second kappa shape index (κ2) is 7.96. The summed E-state index contributed by atoms with van der Waals surface area (Å²) in [5.74, 6) is -2.62. The Kier molecular flexibility index (Phi) is 5.83. The molecule has 4 rings (SSSR count). The molecule has 7 nitrogen and oxygen atoms in total. The van der Waals surface area contributed by atoms with Crippen molar-refractivity contribution in [2.75, 3.05) is 6.54 Å². The number of piperidine rings is 1. The van der Waals surface area contributed by atoms with Crippen molar-refractivity contribution in [1.29, 1.82) is 0 Å². The summed E-state index contributed by atoms with van der Waals surface area (Å²) < 4.78 is 0. The number of aliphatic hydroxyl groups excluding tert-OH is 2. The summed E-state index contributed by atoms with van der Waals surface area (Å²) >= 11 is 0. The van der Waals surface area contributed by atoms with Crippen molar-refractivity contribution < 1.29 is 30.0 Å². The van der Waals surface area contributed by atoms with Crippen molar-refractivity contribution in [3.8, 4) is 0 Å². The molecule has 0 spiro atoms. The number of benzene rings is 1. The number of carbonyl (C=O) groups is 2. The molecule has 148 valence electrons. The number of hydrogen-bond donors (Lipinski definition) is 5. The van der Waals surface area contributed by atoms with Gasteiger partial charge in [-0.25, -0.2) is 9.59 Å². The first-order chi connectivity index (χ1) is 12.9. The van der Waals surface area contributed by atoms with Gasteiger partial charge in [-0.2, -0.15) is 0 Å². The van der Waals surface area contributed by atoms with Crippen molar-refractivity contribution in [2.24, 2.45) is 5.92 Å². The second-order valence-corrected chi connectivity index (χ2v) is 7.75. The van der Waals surface area contributed by atoms with E-state index in [4.69, 9.17) is 20.4 Å². The molecule has 0 radical (unpaired) electrons. The average Bonchev–Trinajstić information content (AvgIpc) is 2.67. The number of rotatable bonds is 3. The molecule has 1 aromatic rings. The Morgan fingerprint density at radius 1 is 1.04 bits per heavy atom. The molecule has 1 heterocycles. The molecule has 2 unspecified atom stereocenters. The zero-order valence-corrected chi connectivity index (χ0v) is 15.2. The Morgan fingerprint density at radius 3 is 2.37 bits per heavy atom. The monoisotopic (exact) mass is 377 g/mol. The molecule has 2 bridgehead atoms. The summed E-state index contributed by atoms with van der Waals surface area (Å²) in [7, 11) is 0. The van der Waals surface area contributed by atoms with Crippen LogP contribution < -0.4 is 5.32 Å². The fraction of sp³-hybridized carbons (Fsp3) is 0.600. The fourth-order valence-electron chi connectivity index (χ4n) is 5.16. The molecule has 0 aromatic heterocycles. The van der Waals surface area contributed by atoms with E-state index < -0.39 is 24.1 Å². The van der Waals surface area contributed by atoms with Crippen LogP contribution in [-0.2, 0) is 21.4 Å². The van der Waals surface area contributed by atoms with Crippen LogP contribution in [0.1, 0.15) is 43.2 Å². The quantitative estimate of drug-likeness (QED) is 0.530. The molecule has 0 amide bonds. The molecule has 1 saturated carbocycles. The minimum atomic E-state index is -2.27. The van der Waals surface area contributed by atoms with Gasteiger partial charge in [-0.15, -0.1) is 0 Å². The van der Waals surface area contributed by atoms with Gasteiger partial charge < -0.3 is 25.7 Å². The molecular formula is C20H27NO6. The number of aliphatic hydroxyl groups is 2. The summed E-state index contributed by atoms with van der Waals surface area (Å²) in [6.45, 7) is 1.23. The standard InChI is InChI=1S/C16H21N.C4H6O6/c1-2-6-13-12(5-1)11-15-14-7-3-4-8-16(13,14)9-10-17-15;5-1(3(7)8)2(6)4(9)10/h1-2,5-6,14-15,17H,3-4,7-11H2;1-2,5-6H,(H,7,8)(H,9,10)/t14-,15+,16-;/m0./s1. The van der Waals surface area contributed by atoms with Crippen LogP contribution in [0.25, 0.3) is 0 Å². The first kappa shape index (κ1) is 19.8. The van der Waals surface area contributed by atoms with E-state index in [1.165, 1.54) is 45.1 Å². The van der Waals surface area contributed by atoms with E-state index in [9.17, 15) is 9.59 Å². The average molecular weight is 377 g/mol. The van der Waals surface area contributed by atoms with Crippen LogP contribution in [0.5, 0.6) is 0 Å². The Morgan fingerprint density at radius 2 is 1.70 bits per heavy atom. The van der Waals surface area contributed by atoms with Gasteiger partial charge in [-0.3, -0.25) is 0 Å². The van der Waals surface area contributed by atoms with Crippen LogP contribution >= 0.6 is 0 Å². The number of aliphatic carboxylic acids is 2. The lowest BCUT2D eigenvalue weighted by atomic mass is 9.53. The van der Waals surface area contributed by atoms with Crippen LogP contribution in [0.4, 0.5) is 0 Å². The van der Waals surface area contributed by atoms with Gasteiger partial charge in [0.15, 0.2) is 12.2 Å². The molecule has 3 aliphatic rings. The lowest BCUT2D eigenvalue weighted by Gasteiger charge is -2.56. The Labute approximate surface area is 158 Å². The van der Waals surface area contributed by atoms with Gasteiger partial charge in [-0.1, -0.05) is 37.1 Å². The van der Waals surface area contributed by atoms with Gasteiger partial charge in [0.25, 0.3) is 0 Å². The predicted molar refractivity (Wildman–Crippen MR) is 97.5 cm³/mol. The Hall–Kier alpha value is -1.96. The molecule has 1 aromatic carbocycles. The number of carboxylic acid groups (broad SMARTS) is 2. The minimum absolute atomic E-state index is 0.545. The van der Waals surface area contributed by atoms with Crippen molar-refractivity contribution in [3.63, 3.8) is 0 Å². The second-order valence-electron chi connectivity index (χ2n) is 7.75. The fourth-order valence-corrected chi connectivity index (χ4v) is 5.16. The number of hydrogen-bond acceptors (Lipinski definition) is 5. The lowest BCUT2D eigenvalue weighted by Crippen LogP contribution is -2.59. The van der Waals surface area contributed by atoms with Crippen LogP contribution in [0.15, 0.2) is 24.3 Å². The highest BCUT2D eigenvalue weighted by Crippen LogP contribution is 2.53. The normalized spacial score (nSPS) is 30.6. The molecule has 27 heavy (non-hydrogen) atoms. The third-order valence-electron chi connectivity index (χ3n) is 6.36. The van der Waals surface area contributed by atoms with Gasteiger partial charge in [0.1, 0.15) is 0 Å². The third kappa shape index (κ3) is 3.72. The molecule has 5 N–H and O–H groups in total. The van der Waals surface area contributed by atoms with Crippen molar-refractivity contribution in [3.05, 3.63) is 35.4 Å². The van der Waals surface area contributed by atoms with Gasteiger partial charge in [0, 0.05) is 11.5 Å². The van der Waals surface area contributed by atoms with Gasteiger partial charge >= 0.3 is 11.9 Å². The van der Waals surface area contributed by atoms with Crippen LogP contribution in [-0.4, -0.2) is 57.2 Å². The summed E-state index contributed by atoms with van der Waals surface area (Å²) in [5, 5.41) is 36.3. The minimum Gasteiger partial charge on any atom is -0.479 e. The maximum absolute atomic E-state index is 9.77. The molecule has 5 atom stereocenters. The topological polar surface area (TPSA) is 127 Å². The number of carboxylic acids is 2. The molecular weight excluding hydrogens is 350 g/mol. The third-order valence-corrected chi connectivity index (χ3v) is 6.36. The van der Waals surface area contributed by atoms with E-state index in [-0.39, 0.29) is 0 Å². The largest absolute Gasteiger partial charge is 0.479 e.